The van der Waals surface area contributed by atoms with Crippen LogP contribution in [-0.4, -0.2) is 39.2 Å². The molecule has 0 saturated carbocycles. The van der Waals surface area contributed by atoms with Gasteiger partial charge >= 0.3 is 5.97 Å². The number of carbonyl (C=O) groups is 2. The molecule has 3 aliphatic heterocycles. The normalized spacial score (nSPS) is 18.7. The minimum Gasteiger partial charge on any atom is -0.493 e. The molecular formula is C28H22O8. The van der Waals surface area contributed by atoms with Crippen molar-refractivity contribution in [1.29, 1.82) is 0 Å². The maximum atomic E-state index is 13.3. The first-order chi connectivity index (χ1) is 17.6. The van der Waals surface area contributed by atoms with Gasteiger partial charge in [0.15, 0.2) is 28.8 Å². The van der Waals surface area contributed by atoms with Crippen molar-refractivity contribution in [2.45, 2.75) is 12.3 Å². The van der Waals surface area contributed by atoms with E-state index in [9.17, 15) is 9.59 Å². The van der Waals surface area contributed by atoms with Crippen molar-refractivity contribution in [1.82, 2.24) is 0 Å². The summed E-state index contributed by atoms with van der Waals surface area (Å²) in [6.45, 7) is 0.945. The lowest BCUT2D eigenvalue weighted by Crippen LogP contribution is -2.22. The van der Waals surface area contributed by atoms with Gasteiger partial charge in [0, 0.05) is 11.5 Å². The fourth-order valence-corrected chi connectivity index (χ4v) is 4.76. The molecule has 0 N–H and O–H groups in total. The minimum absolute atomic E-state index is 0.107. The molecule has 0 spiro atoms. The topological polar surface area (TPSA) is 89.5 Å². The van der Waals surface area contributed by atoms with Crippen molar-refractivity contribution in [2.75, 3.05) is 27.4 Å². The first kappa shape index (κ1) is 22.0. The molecule has 182 valence electrons. The Labute approximate surface area is 206 Å². The fraction of sp³-hybridized carbons (Fsp3) is 0.214. The van der Waals surface area contributed by atoms with Crippen molar-refractivity contribution in [2.24, 2.45) is 0 Å². The molecule has 1 atom stereocenters. The van der Waals surface area contributed by atoms with E-state index in [-0.39, 0.29) is 29.9 Å². The van der Waals surface area contributed by atoms with Crippen molar-refractivity contribution in [3.8, 4) is 34.5 Å². The molecule has 0 aliphatic carbocycles. The highest BCUT2D eigenvalue weighted by Crippen LogP contribution is 2.50. The summed E-state index contributed by atoms with van der Waals surface area (Å²) in [5, 5.41) is 0. The SMILES string of the molecule is COc1ccc(/C=C2\Oc3c(ccc4c3[C@@H](c3ccc5c(c3)OCCO5)CC(=O)O4)C2=O)cc1OC. The van der Waals surface area contributed by atoms with E-state index in [1.165, 1.54) is 0 Å². The van der Waals surface area contributed by atoms with E-state index >= 15 is 0 Å². The third kappa shape index (κ3) is 3.62. The van der Waals surface area contributed by atoms with Gasteiger partial charge < -0.3 is 28.4 Å². The molecule has 0 bridgehead atoms. The monoisotopic (exact) mass is 486 g/mol. The Kier molecular flexibility index (Phi) is 5.29. The van der Waals surface area contributed by atoms with E-state index in [2.05, 4.69) is 0 Å². The van der Waals surface area contributed by atoms with Crippen molar-refractivity contribution >= 4 is 17.8 Å². The molecule has 0 radical (unpaired) electrons. The van der Waals surface area contributed by atoms with E-state index in [0.717, 1.165) is 5.56 Å². The number of ether oxygens (including phenoxy) is 6. The van der Waals surface area contributed by atoms with Gasteiger partial charge in [-0.3, -0.25) is 9.59 Å². The average molecular weight is 486 g/mol. The van der Waals surface area contributed by atoms with E-state index in [4.69, 9.17) is 28.4 Å². The third-order valence-corrected chi connectivity index (χ3v) is 6.45. The van der Waals surface area contributed by atoms with Crippen LogP contribution in [0, 0.1) is 0 Å². The van der Waals surface area contributed by atoms with E-state index in [0.29, 0.717) is 64.4 Å². The van der Waals surface area contributed by atoms with Gasteiger partial charge in [0.1, 0.15) is 24.7 Å². The van der Waals surface area contributed by atoms with Gasteiger partial charge in [0.25, 0.3) is 0 Å². The highest BCUT2D eigenvalue weighted by molar-refractivity contribution is 6.15. The average Bonchev–Trinajstić information content (AvgIpc) is 3.22. The number of allylic oxidation sites excluding steroid dienone is 1. The van der Waals surface area contributed by atoms with E-state index < -0.39 is 0 Å². The van der Waals surface area contributed by atoms with E-state index in [1.807, 2.05) is 24.3 Å². The number of fused-ring (bicyclic) bond motifs is 4. The molecule has 3 aromatic carbocycles. The molecule has 3 aromatic rings. The number of hydrogen-bond donors (Lipinski definition) is 0. The van der Waals surface area contributed by atoms with Crippen LogP contribution in [0.3, 0.4) is 0 Å². The molecule has 0 fully saturated rings. The van der Waals surface area contributed by atoms with Crippen LogP contribution in [0.25, 0.3) is 6.08 Å². The Balaban J connectivity index is 1.41. The summed E-state index contributed by atoms with van der Waals surface area (Å²) in [4.78, 5) is 25.7. The van der Waals surface area contributed by atoms with Gasteiger partial charge in [-0.05, 0) is 53.6 Å². The molecule has 0 saturated heterocycles. The van der Waals surface area contributed by atoms with Crippen molar-refractivity contribution in [3.63, 3.8) is 0 Å². The first-order valence-corrected chi connectivity index (χ1v) is 11.5. The Morgan fingerprint density at radius 3 is 2.42 bits per heavy atom. The number of Topliss-reactive ketones (excluding diaryl/α,β-unsaturated/α-hetero) is 1. The number of rotatable bonds is 4. The summed E-state index contributed by atoms with van der Waals surface area (Å²) in [6.07, 6.45) is 1.76. The summed E-state index contributed by atoms with van der Waals surface area (Å²) < 4.78 is 33.7. The van der Waals surface area contributed by atoms with Crippen molar-refractivity contribution < 1.29 is 38.0 Å². The third-order valence-electron chi connectivity index (χ3n) is 6.45. The quantitative estimate of drug-likeness (QED) is 0.302. The number of esters is 1. The zero-order chi connectivity index (χ0) is 24.8. The number of ketones is 1. The molecule has 8 nitrogen and oxygen atoms in total. The maximum absolute atomic E-state index is 13.3. The minimum atomic E-state index is -0.375. The van der Waals surface area contributed by atoms with Crippen LogP contribution in [0.1, 0.15) is 39.4 Å². The van der Waals surface area contributed by atoms with Crippen LogP contribution >= 0.6 is 0 Å². The number of hydrogen-bond acceptors (Lipinski definition) is 8. The molecule has 6 rings (SSSR count). The Hall–Kier alpha value is -4.46. The van der Waals surface area contributed by atoms with Gasteiger partial charge in [-0.15, -0.1) is 0 Å². The molecule has 3 heterocycles. The van der Waals surface area contributed by atoms with E-state index in [1.54, 1.807) is 44.6 Å². The maximum Gasteiger partial charge on any atom is 0.312 e. The van der Waals surface area contributed by atoms with Crippen LogP contribution in [0.5, 0.6) is 34.5 Å². The van der Waals surface area contributed by atoms with Crippen LogP contribution in [0.15, 0.2) is 54.3 Å². The Morgan fingerprint density at radius 2 is 1.61 bits per heavy atom. The highest BCUT2D eigenvalue weighted by Gasteiger charge is 2.39. The largest absolute Gasteiger partial charge is 0.493 e. The van der Waals surface area contributed by atoms with Crippen LogP contribution in [0.2, 0.25) is 0 Å². The molecule has 0 amide bonds. The Bertz CT molecular complexity index is 1440. The second kappa shape index (κ2) is 8.64. The standard InChI is InChI=1S/C28H22O8/c1-31-19-6-3-15(11-22(19)32-2)12-24-27(30)17-5-8-21-26(28(17)36-24)18(14-25(29)35-21)16-4-7-20-23(13-16)34-10-9-33-20/h3-8,11-13,18H,9-10,14H2,1-2H3/b24-12-/t18-/m1/s1. The second-order valence-corrected chi connectivity index (χ2v) is 8.54. The summed E-state index contributed by atoms with van der Waals surface area (Å²) in [7, 11) is 3.11. The molecule has 0 aromatic heterocycles. The highest BCUT2D eigenvalue weighted by atomic mass is 16.6. The van der Waals surface area contributed by atoms with Crippen LogP contribution in [0.4, 0.5) is 0 Å². The summed E-state index contributed by atoms with van der Waals surface area (Å²) >= 11 is 0. The molecule has 36 heavy (non-hydrogen) atoms. The van der Waals surface area contributed by atoms with Gasteiger partial charge in [-0.2, -0.15) is 0 Å². The van der Waals surface area contributed by atoms with Gasteiger partial charge in [-0.25, -0.2) is 0 Å². The van der Waals surface area contributed by atoms with Gasteiger partial charge in [0.05, 0.1) is 26.2 Å². The first-order valence-electron chi connectivity index (χ1n) is 11.5. The Morgan fingerprint density at radius 1 is 0.833 bits per heavy atom. The molecular weight excluding hydrogens is 464 g/mol. The summed E-state index contributed by atoms with van der Waals surface area (Å²) in [5.74, 6) is 2.38. The predicted molar refractivity (Wildman–Crippen MR) is 128 cm³/mol. The predicted octanol–water partition coefficient (Wildman–Crippen LogP) is 4.53. The number of benzene rings is 3. The summed E-state index contributed by atoms with van der Waals surface area (Å²) in [5.41, 5.74) is 2.64. The number of methoxy groups -OCH3 is 2. The summed E-state index contributed by atoms with van der Waals surface area (Å²) in [6, 6.07) is 14.2. The second-order valence-electron chi connectivity index (χ2n) is 8.54. The van der Waals surface area contributed by atoms with Gasteiger partial charge in [-0.1, -0.05) is 12.1 Å². The lowest BCUT2D eigenvalue weighted by molar-refractivity contribution is -0.135. The fourth-order valence-electron chi connectivity index (χ4n) is 4.76. The van der Waals surface area contributed by atoms with Crippen molar-refractivity contribution in [3.05, 3.63) is 76.5 Å². The lowest BCUT2D eigenvalue weighted by atomic mass is 9.84. The smallest absolute Gasteiger partial charge is 0.312 e. The molecule has 0 unspecified atom stereocenters. The zero-order valence-corrected chi connectivity index (χ0v) is 19.7. The molecule has 3 aliphatic rings. The van der Waals surface area contributed by atoms with Crippen LogP contribution < -0.4 is 28.4 Å². The number of carbonyl (C=O) groups excluding carboxylic acids is 2. The zero-order valence-electron chi connectivity index (χ0n) is 19.7. The van der Waals surface area contributed by atoms with Gasteiger partial charge in [0.2, 0.25) is 5.78 Å². The van der Waals surface area contributed by atoms with Crippen LogP contribution in [-0.2, 0) is 4.79 Å². The molecule has 8 heteroatoms. The lowest BCUT2D eigenvalue weighted by Gasteiger charge is -2.27.